The highest BCUT2D eigenvalue weighted by Crippen LogP contribution is 2.55. The van der Waals surface area contributed by atoms with E-state index in [1.54, 1.807) is 31.2 Å². The number of rotatable bonds is 4. The van der Waals surface area contributed by atoms with Gasteiger partial charge in [-0.05, 0) is 24.6 Å². The van der Waals surface area contributed by atoms with Crippen LogP contribution >= 0.6 is 7.60 Å². The fourth-order valence-electron chi connectivity index (χ4n) is 2.20. The van der Waals surface area contributed by atoms with Crippen molar-refractivity contribution in [2.24, 2.45) is 0 Å². The Morgan fingerprint density at radius 3 is 2.57 bits per heavy atom. The van der Waals surface area contributed by atoms with Gasteiger partial charge in [0.25, 0.3) is 0 Å². The number of hydrogen-bond donors (Lipinski definition) is 0. The number of fused-ring (bicyclic) bond motifs is 1. The van der Waals surface area contributed by atoms with Crippen LogP contribution in [0.1, 0.15) is 12.5 Å². The predicted octanol–water partition coefficient (Wildman–Crippen LogP) is 3.49. The monoisotopic (exact) mass is 311 g/mol. The normalized spacial score (nSPS) is 17.5. The van der Waals surface area contributed by atoms with Gasteiger partial charge in [-0.2, -0.15) is 0 Å². The SMILES string of the molecule is CCOC(=O)N1c2ccccc2C=CC1P(=O)(OC)OC. The van der Waals surface area contributed by atoms with E-state index in [1.165, 1.54) is 19.1 Å². The molecule has 6 nitrogen and oxygen atoms in total. The maximum atomic E-state index is 12.7. The molecule has 0 radical (unpaired) electrons. The van der Waals surface area contributed by atoms with Gasteiger partial charge in [-0.1, -0.05) is 24.3 Å². The molecule has 1 atom stereocenters. The van der Waals surface area contributed by atoms with Crippen LogP contribution < -0.4 is 4.90 Å². The quantitative estimate of drug-likeness (QED) is 0.796. The lowest BCUT2D eigenvalue weighted by molar-refractivity contribution is 0.158. The first-order valence-electron chi connectivity index (χ1n) is 6.51. The fraction of sp³-hybridized carbons (Fsp3) is 0.357. The van der Waals surface area contributed by atoms with Crippen LogP contribution in [0.3, 0.4) is 0 Å². The largest absolute Gasteiger partial charge is 0.449 e. The number of amides is 1. The van der Waals surface area contributed by atoms with Crippen LogP contribution in [0.4, 0.5) is 10.5 Å². The molecule has 1 aromatic rings. The van der Waals surface area contributed by atoms with Crippen molar-refractivity contribution >= 4 is 25.5 Å². The summed E-state index contributed by atoms with van der Waals surface area (Å²) in [5.41, 5.74) is 1.44. The summed E-state index contributed by atoms with van der Waals surface area (Å²) in [6, 6.07) is 7.28. The van der Waals surface area contributed by atoms with Gasteiger partial charge in [0.1, 0.15) is 0 Å². The van der Waals surface area contributed by atoms with Crippen molar-refractivity contribution < 1.29 is 23.1 Å². The Kier molecular flexibility index (Phi) is 4.83. The molecule has 1 aliphatic rings. The van der Waals surface area contributed by atoms with Gasteiger partial charge in [-0.3, -0.25) is 9.46 Å². The fourth-order valence-corrected chi connectivity index (χ4v) is 3.58. The van der Waals surface area contributed by atoms with Crippen molar-refractivity contribution in [1.82, 2.24) is 0 Å². The van der Waals surface area contributed by atoms with Crippen molar-refractivity contribution in [2.75, 3.05) is 25.7 Å². The van der Waals surface area contributed by atoms with Crippen LogP contribution in [-0.4, -0.2) is 32.7 Å². The van der Waals surface area contributed by atoms with E-state index < -0.39 is 19.5 Å². The number of benzene rings is 1. The second-order valence-electron chi connectivity index (χ2n) is 4.31. The molecule has 1 heterocycles. The molecule has 1 amide bonds. The first-order chi connectivity index (χ1) is 10.1. The number of carbonyl (C=O) groups excluding carboxylic acids is 1. The summed E-state index contributed by atoms with van der Waals surface area (Å²) in [4.78, 5) is 13.6. The minimum absolute atomic E-state index is 0.220. The zero-order chi connectivity index (χ0) is 15.5. The molecule has 0 saturated heterocycles. The summed E-state index contributed by atoms with van der Waals surface area (Å²) in [6.45, 7) is 1.93. The van der Waals surface area contributed by atoms with Crippen LogP contribution in [0, 0.1) is 0 Å². The molecule has 0 bridgehead atoms. The molecule has 21 heavy (non-hydrogen) atoms. The van der Waals surface area contributed by atoms with E-state index in [-0.39, 0.29) is 6.61 Å². The van der Waals surface area contributed by atoms with E-state index in [0.717, 1.165) is 5.56 Å². The number of carbonyl (C=O) groups is 1. The molecule has 0 aromatic heterocycles. The molecule has 0 spiro atoms. The second-order valence-corrected chi connectivity index (χ2v) is 6.64. The number of nitrogens with zero attached hydrogens (tertiary/aromatic N) is 1. The minimum atomic E-state index is -3.51. The number of ether oxygens (including phenoxy) is 1. The third kappa shape index (κ3) is 2.88. The van der Waals surface area contributed by atoms with Crippen molar-refractivity contribution in [2.45, 2.75) is 12.7 Å². The highest BCUT2D eigenvalue weighted by molar-refractivity contribution is 7.55. The van der Waals surface area contributed by atoms with Gasteiger partial charge in [0, 0.05) is 14.2 Å². The predicted molar refractivity (Wildman–Crippen MR) is 80.4 cm³/mol. The Morgan fingerprint density at radius 1 is 1.29 bits per heavy atom. The standard InChI is InChI=1S/C14H18NO5P/c1-4-20-14(16)15-12-8-6-5-7-11(12)9-10-13(15)21(17,18-2)19-3/h5-10,13H,4H2,1-3H3. The minimum Gasteiger partial charge on any atom is -0.449 e. The van der Waals surface area contributed by atoms with Crippen LogP contribution in [0.2, 0.25) is 0 Å². The highest BCUT2D eigenvalue weighted by Gasteiger charge is 2.43. The molecule has 7 heteroatoms. The van der Waals surface area contributed by atoms with Crippen molar-refractivity contribution in [3.8, 4) is 0 Å². The zero-order valence-electron chi connectivity index (χ0n) is 12.2. The zero-order valence-corrected chi connectivity index (χ0v) is 13.1. The molecular formula is C14H18NO5P. The molecule has 114 valence electrons. The molecular weight excluding hydrogens is 293 g/mol. The average Bonchev–Trinajstić information content (AvgIpc) is 2.53. The summed E-state index contributed by atoms with van der Waals surface area (Å²) in [5, 5.41) is 0. The van der Waals surface area contributed by atoms with E-state index in [1.807, 2.05) is 12.1 Å². The van der Waals surface area contributed by atoms with Gasteiger partial charge in [-0.25, -0.2) is 4.79 Å². The first kappa shape index (κ1) is 15.8. The van der Waals surface area contributed by atoms with Gasteiger partial charge >= 0.3 is 13.7 Å². The van der Waals surface area contributed by atoms with Gasteiger partial charge in [0.15, 0.2) is 5.78 Å². The summed E-state index contributed by atoms with van der Waals surface area (Å²) in [7, 11) is -0.920. The van der Waals surface area contributed by atoms with Crippen molar-refractivity contribution in [3.63, 3.8) is 0 Å². The van der Waals surface area contributed by atoms with Crippen LogP contribution in [0.25, 0.3) is 6.08 Å². The van der Waals surface area contributed by atoms with Crippen molar-refractivity contribution in [1.29, 1.82) is 0 Å². The Morgan fingerprint density at radius 2 is 1.95 bits per heavy atom. The lowest BCUT2D eigenvalue weighted by atomic mass is 10.1. The Labute approximate surface area is 123 Å². The Bertz CT molecular complexity index is 593. The lowest BCUT2D eigenvalue weighted by Gasteiger charge is -2.35. The van der Waals surface area contributed by atoms with E-state index in [4.69, 9.17) is 13.8 Å². The molecule has 0 N–H and O–H groups in total. The van der Waals surface area contributed by atoms with Crippen LogP contribution in [0.15, 0.2) is 30.3 Å². The van der Waals surface area contributed by atoms with Crippen LogP contribution in [-0.2, 0) is 18.3 Å². The molecule has 0 aliphatic carbocycles. The third-order valence-electron chi connectivity index (χ3n) is 3.21. The molecule has 0 fully saturated rings. The lowest BCUT2D eigenvalue weighted by Crippen LogP contribution is -2.42. The first-order valence-corrected chi connectivity index (χ1v) is 8.13. The van der Waals surface area contributed by atoms with E-state index in [0.29, 0.717) is 5.69 Å². The molecule has 1 aliphatic heterocycles. The number of para-hydroxylation sites is 1. The van der Waals surface area contributed by atoms with E-state index in [9.17, 15) is 9.36 Å². The molecule has 1 aromatic carbocycles. The molecule has 1 unspecified atom stereocenters. The molecule has 2 rings (SSSR count). The summed E-state index contributed by atoms with van der Waals surface area (Å²) < 4.78 is 27.8. The topological polar surface area (TPSA) is 65.1 Å². The van der Waals surface area contributed by atoms with E-state index >= 15 is 0 Å². The van der Waals surface area contributed by atoms with Gasteiger partial charge < -0.3 is 13.8 Å². The summed E-state index contributed by atoms with van der Waals surface area (Å²) >= 11 is 0. The number of anilines is 1. The van der Waals surface area contributed by atoms with Gasteiger partial charge in [0.05, 0.1) is 12.3 Å². The summed E-state index contributed by atoms with van der Waals surface area (Å²) in [5.74, 6) is -0.860. The average molecular weight is 311 g/mol. The maximum absolute atomic E-state index is 12.7. The van der Waals surface area contributed by atoms with Gasteiger partial charge in [0.2, 0.25) is 0 Å². The van der Waals surface area contributed by atoms with E-state index in [2.05, 4.69) is 0 Å². The maximum Gasteiger partial charge on any atom is 0.415 e. The third-order valence-corrected chi connectivity index (χ3v) is 5.28. The smallest absolute Gasteiger partial charge is 0.415 e. The Hall–Kier alpha value is -1.62. The Balaban J connectivity index is 2.51. The second kappa shape index (κ2) is 6.43. The van der Waals surface area contributed by atoms with Crippen LogP contribution in [0.5, 0.6) is 0 Å². The van der Waals surface area contributed by atoms with Crippen molar-refractivity contribution in [3.05, 3.63) is 35.9 Å². The summed E-state index contributed by atoms with van der Waals surface area (Å²) in [6.07, 6.45) is 2.83. The van der Waals surface area contributed by atoms with Gasteiger partial charge in [-0.15, -0.1) is 0 Å². The number of hydrogen-bond acceptors (Lipinski definition) is 5. The molecule has 0 saturated carbocycles. The highest BCUT2D eigenvalue weighted by atomic mass is 31.2.